The molecule has 2 N–H and O–H groups in total. The van der Waals surface area contributed by atoms with E-state index in [1.807, 2.05) is 26.0 Å². The second-order valence-electron chi connectivity index (χ2n) is 7.40. The van der Waals surface area contributed by atoms with Gasteiger partial charge in [0.2, 0.25) is 0 Å². The number of benzene rings is 2. The molecule has 0 atom stereocenters. The highest BCUT2D eigenvalue weighted by atomic mass is 19.1. The van der Waals surface area contributed by atoms with Gasteiger partial charge in [-0.3, -0.25) is 9.69 Å². The fraction of sp³-hybridized carbons (Fsp3) is 0.409. The maximum atomic E-state index is 13.1. The third kappa shape index (κ3) is 5.23. The molecule has 1 heterocycles. The van der Waals surface area contributed by atoms with E-state index in [9.17, 15) is 9.18 Å². The Labute approximate surface area is 165 Å². The van der Waals surface area contributed by atoms with Crippen LogP contribution in [0.25, 0.3) is 0 Å². The largest absolute Gasteiger partial charge is 0.489 e. The van der Waals surface area contributed by atoms with Crippen molar-refractivity contribution in [2.45, 2.75) is 26.4 Å². The first-order valence-electron chi connectivity index (χ1n) is 9.74. The lowest BCUT2D eigenvalue weighted by Crippen LogP contribution is -2.46. The second-order valence-corrected chi connectivity index (χ2v) is 7.40. The van der Waals surface area contributed by atoms with Crippen molar-refractivity contribution < 1.29 is 13.9 Å². The number of carbonyl (C=O) groups excluding carboxylic acids is 1. The molecule has 0 spiro atoms. The van der Waals surface area contributed by atoms with Crippen LogP contribution < -0.4 is 15.4 Å². The van der Waals surface area contributed by atoms with Gasteiger partial charge in [-0.2, -0.15) is 0 Å². The van der Waals surface area contributed by atoms with Crippen LogP contribution in [0.15, 0.2) is 42.5 Å². The zero-order valence-corrected chi connectivity index (χ0v) is 16.5. The quantitative estimate of drug-likeness (QED) is 0.583. The Balaban J connectivity index is 1.48. The summed E-state index contributed by atoms with van der Waals surface area (Å²) < 4.78 is 18.7. The molecule has 0 bridgehead atoms. The minimum absolute atomic E-state index is 0.0393. The first-order chi connectivity index (χ1) is 13.4. The van der Waals surface area contributed by atoms with Gasteiger partial charge in [-0.05, 0) is 56.3 Å². The van der Waals surface area contributed by atoms with Crippen LogP contribution in [0, 0.1) is 5.82 Å². The second kappa shape index (κ2) is 9.06. The highest BCUT2D eigenvalue weighted by Gasteiger charge is 2.18. The van der Waals surface area contributed by atoms with E-state index in [1.165, 1.54) is 12.1 Å². The van der Waals surface area contributed by atoms with E-state index in [1.54, 1.807) is 18.2 Å². The average molecular weight is 385 g/mol. The first-order valence-corrected chi connectivity index (χ1v) is 9.74. The molecule has 2 aromatic rings. The number of nitrogens with zero attached hydrogens (tertiary/aromatic N) is 2. The summed E-state index contributed by atoms with van der Waals surface area (Å²) in [5.74, 6) is 0.484. The van der Waals surface area contributed by atoms with Crippen molar-refractivity contribution in [2.75, 3.05) is 43.4 Å². The van der Waals surface area contributed by atoms with Gasteiger partial charge >= 0.3 is 0 Å². The molecule has 1 saturated heterocycles. The molecule has 1 aliphatic rings. The van der Waals surface area contributed by atoms with Gasteiger partial charge in [0.15, 0.2) is 5.78 Å². The summed E-state index contributed by atoms with van der Waals surface area (Å²) in [4.78, 5) is 17.1. The number of hydrogen-bond acceptors (Lipinski definition) is 5. The lowest BCUT2D eigenvalue weighted by molar-refractivity contribution is 0.0962. The standard InChI is InChI=1S/C22H28FN3O2/c1-16(2)28-22-8-3-17(15-20(22)24)21(27)9-10-25-11-13-26(14-12-25)19-6-4-18(23)5-7-19/h3-8,15-16H,9-14,24H2,1-2H3. The van der Waals surface area contributed by atoms with Crippen molar-refractivity contribution >= 4 is 17.2 Å². The minimum Gasteiger partial charge on any atom is -0.489 e. The van der Waals surface area contributed by atoms with Gasteiger partial charge in [-0.25, -0.2) is 4.39 Å². The van der Waals surface area contributed by atoms with Gasteiger partial charge in [-0.1, -0.05) is 0 Å². The summed E-state index contributed by atoms with van der Waals surface area (Å²) in [7, 11) is 0. The van der Waals surface area contributed by atoms with Gasteiger partial charge < -0.3 is 15.4 Å². The summed E-state index contributed by atoms with van der Waals surface area (Å²) in [5.41, 5.74) is 8.16. The number of Topliss-reactive ketones (excluding diaryl/α,β-unsaturated/α-hetero) is 1. The Morgan fingerprint density at radius 2 is 1.79 bits per heavy atom. The minimum atomic E-state index is -0.217. The Bertz CT molecular complexity index is 800. The van der Waals surface area contributed by atoms with E-state index in [0.717, 1.165) is 38.4 Å². The Hall–Kier alpha value is -2.60. The van der Waals surface area contributed by atoms with Gasteiger partial charge in [0.05, 0.1) is 11.8 Å². The predicted octanol–water partition coefficient (Wildman–Crippen LogP) is 3.59. The zero-order valence-electron chi connectivity index (χ0n) is 16.5. The molecular weight excluding hydrogens is 357 g/mol. The normalized spacial score (nSPS) is 15.1. The monoisotopic (exact) mass is 385 g/mol. The van der Waals surface area contributed by atoms with Gasteiger partial charge in [-0.15, -0.1) is 0 Å². The molecule has 1 aliphatic heterocycles. The van der Waals surface area contributed by atoms with Crippen LogP contribution in [0.5, 0.6) is 5.75 Å². The number of carbonyl (C=O) groups is 1. The van der Waals surface area contributed by atoms with Crippen molar-refractivity contribution in [3.05, 3.63) is 53.8 Å². The SMILES string of the molecule is CC(C)Oc1ccc(C(=O)CCN2CCN(c3ccc(F)cc3)CC2)cc1N. The number of rotatable bonds is 7. The first kappa shape index (κ1) is 20.1. The highest BCUT2D eigenvalue weighted by Crippen LogP contribution is 2.24. The smallest absolute Gasteiger partial charge is 0.164 e. The number of ether oxygens (including phenoxy) is 1. The van der Waals surface area contributed by atoms with E-state index >= 15 is 0 Å². The Morgan fingerprint density at radius 1 is 1.11 bits per heavy atom. The molecule has 1 fully saturated rings. The Morgan fingerprint density at radius 3 is 2.39 bits per heavy atom. The van der Waals surface area contributed by atoms with E-state index in [-0.39, 0.29) is 17.7 Å². The van der Waals surface area contributed by atoms with Crippen molar-refractivity contribution in [3.8, 4) is 5.75 Å². The molecule has 0 saturated carbocycles. The average Bonchev–Trinajstić information content (AvgIpc) is 2.68. The molecule has 0 unspecified atom stereocenters. The number of nitrogen functional groups attached to an aromatic ring is 1. The maximum absolute atomic E-state index is 13.1. The molecule has 0 aromatic heterocycles. The number of halogens is 1. The zero-order chi connectivity index (χ0) is 20.1. The molecule has 150 valence electrons. The van der Waals surface area contributed by atoms with Crippen molar-refractivity contribution in [1.82, 2.24) is 4.90 Å². The molecule has 0 amide bonds. The van der Waals surface area contributed by atoms with E-state index in [2.05, 4.69) is 9.80 Å². The molecule has 5 nitrogen and oxygen atoms in total. The summed E-state index contributed by atoms with van der Waals surface area (Å²) >= 11 is 0. The van der Waals surface area contributed by atoms with E-state index < -0.39 is 0 Å². The van der Waals surface area contributed by atoms with Crippen LogP contribution >= 0.6 is 0 Å². The van der Waals surface area contributed by atoms with Gasteiger partial charge in [0, 0.05) is 50.4 Å². The van der Waals surface area contributed by atoms with Crippen LogP contribution in [0.3, 0.4) is 0 Å². The van der Waals surface area contributed by atoms with E-state index in [0.29, 0.717) is 23.4 Å². The van der Waals surface area contributed by atoms with Crippen LogP contribution in [-0.4, -0.2) is 49.5 Å². The van der Waals surface area contributed by atoms with Crippen LogP contribution in [0.4, 0.5) is 15.8 Å². The van der Waals surface area contributed by atoms with Crippen LogP contribution in [0.2, 0.25) is 0 Å². The van der Waals surface area contributed by atoms with Crippen molar-refractivity contribution in [2.24, 2.45) is 0 Å². The third-order valence-corrected chi connectivity index (χ3v) is 4.91. The number of nitrogens with two attached hydrogens (primary N) is 1. The summed E-state index contributed by atoms with van der Waals surface area (Å²) in [6.45, 7) is 8.10. The molecule has 6 heteroatoms. The van der Waals surface area contributed by atoms with Gasteiger partial charge in [0.25, 0.3) is 0 Å². The summed E-state index contributed by atoms with van der Waals surface area (Å²) in [5, 5.41) is 0. The van der Waals surface area contributed by atoms with Crippen LogP contribution in [0.1, 0.15) is 30.6 Å². The van der Waals surface area contributed by atoms with Crippen molar-refractivity contribution in [3.63, 3.8) is 0 Å². The van der Waals surface area contributed by atoms with E-state index in [4.69, 9.17) is 10.5 Å². The fourth-order valence-electron chi connectivity index (χ4n) is 3.37. The number of hydrogen-bond donors (Lipinski definition) is 1. The molecular formula is C22H28FN3O2. The molecule has 0 aliphatic carbocycles. The summed E-state index contributed by atoms with van der Waals surface area (Å²) in [6.07, 6.45) is 0.498. The van der Waals surface area contributed by atoms with Crippen LogP contribution in [-0.2, 0) is 0 Å². The number of piperazine rings is 1. The molecule has 2 aromatic carbocycles. The van der Waals surface area contributed by atoms with Crippen molar-refractivity contribution in [1.29, 1.82) is 0 Å². The molecule has 28 heavy (non-hydrogen) atoms. The Kier molecular flexibility index (Phi) is 6.52. The number of anilines is 2. The lowest BCUT2D eigenvalue weighted by Gasteiger charge is -2.36. The third-order valence-electron chi connectivity index (χ3n) is 4.91. The lowest BCUT2D eigenvalue weighted by atomic mass is 10.1. The molecule has 3 rings (SSSR count). The topological polar surface area (TPSA) is 58.8 Å². The maximum Gasteiger partial charge on any atom is 0.164 e. The summed E-state index contributed by atoms with van der Waals surface area (Å²) in [6, 6.07) is 11.9. The molecule has 0 radical (unpaired) electrons. The van der Waals surface area contributed by atoms with Gasteiger partial charge in [0.1, 0.15) is 11.6 Å². The predicted molar refractivity (Wildman–Crippen MR) is 111 cm³/mol. The fourth-order valence-corrected chi connectivity index (χ4v) is 3.37. The highest BCUT2D eigenvalue weighted by molar-refractivity contribution is 5.97. The number of ketones is 1.